The van der Waals surface area contributed by atoms with Crippen molar-refractivity contribution in [3.8, 4) is 22.5 Å². The molecule has 0 bridgehead atoms. The first-order valence-corrected chi connectivity index (χ1v) is 15.2. The number of urea groups is 1. The van der Waals surface area contributed by atoms with Crippen LogP contribution in [0.2, 0.25) is 25.7 Å². The molecule has 1 aliphatic heterocycles. The van der Waals surface area contributed by atoms with Gasteiger partial charge in [-0.1, -0.05) is 43.9 Å². The van der Waals surface area contributed by atoms with Crippen LogP contribution in [0.3, 0.4) is 0 Å². The van der Waals surface area contributed by atoms with Crippen LogP contribution in [0.25, 0.3) is 28.2 Å². The Bertz CT molecular complexity index is 1310. The van der Waals surface area contributed by atoms with Crippen molar-refractivity contribution in [1.82, 2.24) is 29.5 Å². The van der Waals surface area contributed by atoms with Gasteiger partial charge in [-0.05, 0) is 17.7 Å². The van der Waals surface area contributed by atoms with Crippen LogP contribution in [0.4, 0.5) is 10.6 Å². The third-order valence-electron chi connectivity index (χ3n) is 5.88. The first kappa shape index (κ1) is 22.3. The molecule has 0 atom stereocenters. The summed E-state index contributed by atoms with van der Waals surface area (Å²) in [5.74, 6) is 1.50. The van der Waals surface area contributed by atoms with Crippen LogP contribution >= 0.6 is 0 Å². The van der Waals surface area contributed by atoms with E-state index in [0.29, 0.717) is 31.3 Å². The van der Waals surface area contributed by atoms with Crippen LogP contribution in [0, 0.1) is 0 Å². The highest BCUT2D eigenvalue weighted by Gasteiger charge is 2.23. The molecule has 4 heterocycles. The van der Waals surface area contributed by atoms with Gasteiger partial charge < -0.3 is 14.6 Å². The minimum absolute atomic E-state index is 0.123. The van der Waals surface area contributed by atoms with E-state index < -0.39 is 8.07 Å². The summed E-state index contributed by atoms with van der Waals surface area (Å²) in [4.78, 5) is 23.0. The van der Waals surface area contributed by atoms with E-state index >= 15 is 0 Å². The summed E-state index contributed by atoms with van der Waals surface area (Å²) < 4.78 is 9.67. The van der Waals surface area contributed by atoms with E-state index in [9.17, 15) is 4.79 Å². The van der Waals surface area contributed by atoms with E-state index in [1.165, 1.54) is 0 Å². The van der Waals surface area contributed by atoms with Crippen molar-refractivity contribution in [2.45, 2.75) is 32.4 Å². The maximum Gasteiger partial charge on any atom is 0.323 e. The average molecular weight is 476 g/mol. The SMILES string of the molecule is C[Si](C)(C)CCOCn1ccnc1-c1ccc(-c2cnn3ccc(N4CCNC4=O)nc23)cc1. The Balaban J connectivity index is 1.35. The monoisotopic (exact) mass is 475 g/mol. The van der Waals surface area contributed by atoms with Gasteiger partial charge in [-0.2, -0.15) is 5.10 Å². The number of benzene rings is 1. The number of carbonyl (C=O) groups excluding carboxylic acids is 1. The van der Waals surface area contributed by atoms with Gasteiger partial charge in [-0.3, -0.25) is 4.90 Å². The van der Waals surface area contributed by atoms with Gasteiger partial charge in [0.15, 0.2) is 5.65 Å². The molecule has 5 rings (SSSR count). The average Bonchev–Trinajstić information content (AvgIpc) is 3.55. The predicted molar refractivity (Wildman–Crippen MR) is 134 cm³/mol. The van der Waals surface area contributed by atoms with Crippen molar-refractivity contribution in [3.63, 3.8) is 0 Å². The normalized spacial score (nSPS) is 14.2. The largest absolute Gasteiger partial charge is 0.361 e. The van der Waals surface area contributed by atoms with Gasteiger partial charge in [0.2, 0.25) is 0 Å². The highest BCUT2D eigenvalue weighted by molar-refractivity contribution is 6.76. The van der Waals surface area contributed by atoms with E-state index in [1.807, 2.05) is 35.2 Å². The molecule has 176 valence electrons. The fourth-order valence-electron chi connectivity index (χ4n) is 3.92. The molecule has 10 heteroatoms. The first-order chi connectivity index (χ1) is 16.4. The summed E-state index contributed by atoms with van der Waals surface area (Å²) in [7, 11) is -1.11. The van der Waals surface area contributed by atoms with Gasteiger partial charge in [-0.25, -0.2) is 19.3 Å². The lowest BCUT2D eigenvalue weighted by atomic mass is 10.1. The molecule has 1 aromatic carbocycles. The second-order valence-electron chi connectivity index (χ2n) is 9.64. The number of hydrogen-bond donors (Lipinski definition) is 1. The van der Waals surface area contributed by atoms with Crippen molar-refractivity contribution in [1.29, 1.82) is 0 Å². The fraction of sp³-hybridized carbons (Fsp3) is 0.333. The summed E-state index contributed by atoms with van der Waals surface area (Å²) in [5.41, 5.74) is 3.63. The molecule has 0 radical (unpaired) electrons. The van der Waals surface area contributed by atoms with E-state index in [1.54, 1.807) is 21.8 Å². The summed E-state index contributed by atoms with van der Waals surface area (Å²) in [6.07, 6.45) is 7.39. The fourth-order valence-corrected chi connectivity index (χ4v) is 4.67. The number of imidazole rings is 1. The number of rotatable bonds is 8. The number of aromatic nitrogens is 5. The third-order valence-corrected chi connectivity index (χ3v) is 7.59. The zero-order valence-electron chi connectivity index (χ0n) is 19.7. The number of nitrogens with one attached hydrogen (secondary N) is 1. The minimum Gasteiger partial charge on any atom is -0.361 e. The molecule has 34 heavy (non-hydrogen) atoms. The Labute approximate surface area is 199 Å². The van der Waals surface area contributed by atoms with Crippen LogP contribution in [-0.2, 0) is 11.5 Å². The molecule has 1 fully saturated rings. The zero-order chi connectivity index (χ0) is 23.7. The molecule has 0 aliphatic carbocycles. The van der Waals surface area contributed by atoms with E-state index in [-0.39, 0.29) is 6.03 Å². The van der Waals surface area contributed by atoms with Gasteiger partial charge >= 0.3 is 6.03 Å². The van der Waals surface area contributed by atoms with Crippen LogP contribution in [-0.4, -0.2) is 58.0 Å². The third kappa shape index (κ3) is 4.59. The number of nitrogens with zero attached hydrogens (tertiary/aromatic N) is 6. The van der Waals surface area contributed by atoms with E-state index in [4.69, 9.17) is 9.72 Å². The van der Waals surface area contributed by atoms with Gasteiger partial charge in [0.25, 0.3) is 0 Å². The molecule has 3 aromatic heterocycles. The summed E-state index contributed by atoms with van der Waals surface area (Å²) in [5, 5.41) is 7.24. The van der Waals surface area contributed by atoms with Crippen molar-refractivity contribution < 1.29 is 9.53 Å². The van der Waals surface area contributed by atoms with Gasteiger partial charge in [0.05, 0.1) is 6.20 Å². The molecule has 0 unspecified atom stereocenters. The summed E-state index contributed by atoms with van der Waals surface area (Å²) >= 11 is 0. The first-order valence-electron chi connectivity index (χ1n) is 11.5. The Kier molecular flexibility index (Phi) is 5.92. The lowest BCUT2D eigenvalue weighted by molar-refractivity contribution is 0.0883. The summed E-state index contributed by atoms with van der Waals surface area (Å²) in [6, 6.07) is 11.0. The Morgan fingerprint density at radius 2 is 1.88 bits per heavy atom. The minimum atomic E-state index is -1.11. The molecule has 0 saturated carbocycles. The number of amides is 2. The van der Waals surface area contributed by atoms with Crippen molar-refractivity contribution >= 4 is 25.6 Å². The predicted octanol–water partition coefficient (Wildman–Crippen LogP) is 4.10. The van der Waals surface area contributed by atoms with E-state index in [0.717, 1.165) is 35.2 Å². The Hall–Kier alpha value is -3.50. The highest BCUT2D eigenvalue weighted by atomic mass is 28.3. The van der Waals surface area contributed by atoms with Crippen molar-refractivity contribution in [2.24, 2.45) is 0 Å². The van der Waals surface area contributed by atoms with E-state index in [2.05, 4.69) is 47.2 Å². The number of anilines is 1. The van der Waals surface area contributed by atoms with Gasteiger partial charge in [-0.15, -0.1) is 0 Å². The summed E-state index contributed by atoms with van der Waals surface area (Å²) in [6.45, 7) is 9.55. The Morgan fingerprint density at radius 1 is 1.09 bits per heavy atom. The maximum atomic E-state index is 12.0. The molecular weight excluding hydrogens is 446 g/mol. The molecule has 1 saturated heterocycles. The van der Waals surface area contributed by atoms with Gasteiger partial charge in [0, 0.05) is 57.5 Å². The number of fused-ring (bicyclic) bond motifs is 1. The molecular formula is C24H29N7O2Si. The molecule has 2 amide bonds. The standard InChI is InChI=1S/C24H29N7O2Si/c1-34(2,3)15-14-33-17-29-12-9-25-22(29)19-6-4-18(5-7-19)20-16-27-31-11-8-21(28-23(20)31)30-13-10-26-24(30)32/h4-9,11-12,16H,10,13-15,17H2,1-3H3,(H,26,32). The second kappa shape index (κ2) is 9.03. The molecule has 1 N–H and O–H groups in total. The van der Waals surface area contributed by atoms with Crippen LogP contribution in [0.5, 0.6) is 0 Å². The lowest BCUT2D eigenvalue weighted by Crippen LogP contribution is -2.28. The number of ether oxygens (including phenoxy) is 1. The number of hydrogen-bond acceptors (Lipinski definition) is 5. The smallest absolute Gasteiger partial charge is 0.323 e. The molecule has 9 nitrogen and oxygen atoms in total. The van der Waals surface area contributed by atoms with Gasteiger partial charge in [0.1, 0.15) is 18.4 Å². The van der Waals surface area contributed by atoms with Crippen LogP contribution in [0.1, 0.15) is 0 Å². The molecule has 1 aliphatic rings. The number of carbonyl (C=O) groups is 1. The maximum absolute atomic E-state index is 12.0. The lowest BCUT2D eigenvalue weighted by Gasteiger charge is -2.16. The quantitative estimate of drug-likeness (QED) is 0.306. The highest BCUT2D eigenvalue weighted by Crippen LogP contribution is 2.28. The molecule has 4 aromatic rings. The molecule has 0 spiro atoms. The van der Waals surface area contributed by atoms with Crippen molar-refractivity contribution in [2.75, 3.05) is 24.6 Å². The topological polar surface area (TPSA) is 89.6 Å². The van der Waals surface area contributed by atoms with Crippen LogP contribution < -0.4 is 10.2 Å². The van der Waals surface area contributed by atoms with Crippen molar-refractivity contribution in [3.05, 3.63) is 55.1 Å². The zero-order valence-corrected chi connectivity index (χ0v) is 20.7. The second-order valence-corrected chi connectivity index (χ2v) is 15.3. The Morgan fingerprint density at radius 3 is 2.62 bits per heavy atom. The van der Waals surface area contributed by atoms with Crippen LogP contribution in [0.15, 0.2) is 55.1 Å².